The highest BCUT2D eigenvalue weighted by Gasteiger charge is 2.19. The van der Waals surface area contributed by atoms with Gasteiger partial charge in [0.1, 0.15) is 5.75 Å². The predicted octanol–water partition coefficient (Wildman–Crippen LogP) is 5.52. The highest BCUT2D eigenvalue weighted by atomic mass is 79.9. The molecule has 20 heavy (non-hydrogen) atoms. The second-order valence-electron chi connectivity index (χ2n) is 4.10. The van der Waals surface area contributed by atoms with Gasteiger partial charge in [-0.2, -0.15) is 0 Å². The molecule has 0 spiro atoms. The molecule has 0 bridgehead atoms. The Balaban J connectivity index is 2.42. The SMILES string of the molecule is CCOc1cc(Cl)c(C(NC)c2ccc(Br)s2)cc1Cl. The van der Waals surface area contributed by atoms with Gasteiger partial charge in [-0.25, -0.2) is 0 Å². The van der Waals surface area contributed by atoms with Crippen LogP contribution in [-0.4, -0.2) is 13.7 Å². The monoisotopic (exact) mass is 393 g/mol. The first-order chi connectivity index (χ1) is 9.56. The summed E-state index contributed by atoms with van der Waals surface area (Å²) in [6.45, 7) is 2.47. The lowest BCUT2D eigenvalue weighted by Gasteiger charge is -2.18. The molecule has 1 aromatic carbocycles. The van der Waals surface area contributed by atoms with Crippen molar-refractivity contribution in [3.05, 3.63) is 48.5 Å². The largest absolute Gasteiger partial charge is 0.492 e. The molecule has 1 unspecified atom stereocenters. The summed E-state index contributed by atoms with van der Waals surface area (Å²) in [5, 5.41) is 4.49. The molecule has 0 amide bonds. The normalized spacial score (nSPS) is 12.4. The Morgan fingerprint density at radius 2 is 2.05 bits per heavy atom. The van der Waals surface area contributed by atoms with Crippen molar-refractivity contribution in [3.63, 3.8) is 0 Å². The Kier molecular flexibility index (Phi) is 5.75. The Morgan fingerprint density at radius 1 is 1.30 bits per heavy atom. The first kappa shape index (κ1) is 16.1. The fraction of sp³-hybridized carbons (Fsp3) is 0.286. The van der Waals surface area contributed by atoms with E-state index in [1.54, 1.807) is 17.4 Å². The van der Waals surface area contributed by atoms with Gasteiger partial charge in [-0.05, 0) is 53.7 Å². The van der Waals surface area contributed by atoms with Crippen molar-refractivity contribution in [3.8, 4) is 5.75 Å². The number of nitrogens with one attached hydrogen (secondary N) is 1. The summed E-state index contributed by atoms with van der Waals surface area (Å²) in [6, 6.07) is 7.73. The highest BCUT2D eigenvalue weighted by molar-refractivity contribution is 9.11. The average molecular weight is 395 g/mol. The Bertz CT molecular complexity index is 603. The third kappa shape index (κ3) is 3.49. The predicted molar refractivity (Wildman–Crippen MR) is 90.6 cm³/mol. The molecule has 2 nitrogen and oxygen atoms in total. The van der Waals surface area contributed by atoms with E-state index in [0.717, 1.165) is 9.35 Å². The molecular weight excluding hydrogens is 381 g/mol. The van der Waals surface area contributed by atoms with Crippen LogP contribution in [0.2, 0.25) is 10.0 Å². The zero-order valence-electron chi connectivity index (χ0n) is 11.0. The van der Waals surface area contributed by atoms with Crippen molar-refractivity contribution < 1.29 is 4.74 Å². The van der Waals surface area contributed by atoms with Gasteiger partial charge in [0.25, 0.3) is 0 Å². The maximum atomic E-state index is 6.38. The van der Waals surface area contributed by atoms with Gasteiger partial charge in [-0.3, -0.25) is 0 Å². The highest BCUT2D eigenvalue weighted by Crippen LogP contribution is 2.38. The van der Waals surface area contributed by atoms with Crippen LogP contribution in [0.3, 0.4) is 0 Å². The van der Waals surface area contributed by atoms with E-state index >= 15 is 0 Å². The fourth-order valence-electron chi connectivity index (χ4n) is 1.97. The van der Waals surface area contributed by atoms with Gasteiger partial charge in [-0.15, -0.1) is 11.3 Å². The van der Waals surface area contributed by atoms with Crippen LogP contribution in [0.25, 0.3) is 0 Å². The molecule has 2 rings (SSSR count). The van der Waals surface area contributed by atoms with E-state index in [2.05, 4.69) is 27.3 Å². The van der Waals surface area contributed by atoms with E-state index in [4.69, 9.17) is 27.9 Å². The van der Waals surface area contributed by atoms with Crippen molar-refractivity contribution in [2.75, 3.05) is 13.7 Å². The molecule has 0 radical (unpaired) electrons. The number of thiophene rings is 1. The minimum Gasteiger partial charge on any atom is -0.492 e. The summed E-state index contributed by atoms with van der Waals surface area (Å²) < 4.78 is 6.54. The van der Waals surface area contributed by atoms with E-state index in [1.165, 1.54) is 4.88 Å². The van der Waals surface area contributed by atoms with E-state index < -0.39 is 0 Å². The average Bonchev–Trinajstić information content (AvgIpc) is 2.83. The van der Waals surface area contributed by atoms with E-state index in [9.17, 15) is 0 Å². The van der Waals surface area contributed by atoms with Gasteiger partial charge >= 0.3 is 0 Å². The summed E-state index contributed by atoms with van der Waals surface area (Å²) in [5.41, 5.74) is 0.942. The molecule has 6 heteroatoms. The molecule has 1 atom stereocenters. The quantitative estimate of drug-likeness (QED) is 0.720. The molecule has 2 aromatic rings. The van der Waals surface area contributed by atoms with E-state index in [-0.39, 0.29) is 6.04 Å². The van der Waals surface area contributed by atoms with Crippen molar-refractivity contribution in [2.24, 2.45) is 0 Å². The Labute approximate surface area is 141 Å². The number of halogens is 3. The molecule has 108 valence electrons. The van der Waals surface area contributed by atoms with Gasteiger partial charge in [0, 0.05) is 16.0 Å². The maximum absolute atomic E-state index is 6.38. The third-order valence-corrected chi connectivity index (χ3v) is 5.14. The van der Waals surface area contributed by atoms with Gasteiger partial charge in [-0.1, -0.05) is 23.2 Å². The number of rotatable bonds is 5. The first-order valence-corrected chi connectivity index (χ1v) is 8.47. The summed E-state index contributed by atoms with van der Waals surface area (Å²) in [7, 11) is 1.90. The van der Waals surface area contributed by atoms with Crippen LogP contribution in [0, 0.1) is 0 Å². The second kappa shape index (κ2) is 7.14. The third-order valence-electron chi connectivity index (χ3n) is 2.83. The molecular formula is C14H14BrCl2NOS. The van der Waals surface area contributed by atoms with Crippen LogP contribution in [0.15, 0.2) is 28.1 Å². The van der Waals surface area contributed by atoms with Crippen molar-refractivity contribution in [2.45, 2.75) is 13.0 Å². The van der Waals surface area contributed by atoms with Crippen LogP contribution in [-0.2, 0) is 0 Å². The molecule has 0 saturated carbocycles. The van der Waals surface area contributed by atoms with Crippen LogP contribution in [0.5, 0.6) is 5.75 Å². The number of hydrogen-bond acceptors (Lipinski definition) is 3. The van der Waals surface area contributed by atoms with Gasteiger partial charge < -0.3 is 10.1 Å². The number of benzene rings is 1. The second-order valence-corrected chi connectivity index (χ2v) is 7.41. The standard InChI is InChI=1S/C14H14BrCl2NOS/c1-3-19-11-7-9(16)8(6-10(11)17)14(18-2)12-4-5-13(15)20-12/h4-7,14,18H,3H2,1-2H3. The van der Waals surface area contributed by atoms with Gasteiger partial charge in [0.15, 0.2) is 0 Å². The minimum atomic E-state index is 0.00646. The lowest BCUT2D eigenvalue weighted by Crippen LogP contribution is -2.17. The molecule has 0 aliphatic carbocycles. The smallest absolute Gasteiger partial charge is 0.139 e. The zero-order valence-corrected chi connectivity index (χ0v) is 15.0. The van der Waals surface area contributed by atoms with Crippen LogP contribution >= 0.6 is 50.5 Å². The maximum Gasteiger partial charge on any atom is 0.139 e. The molecule has 0 aliphatic heterocycles. The van der Waals surface area contributed by atoms with E-state index in [0.29, 0.717) is 22.4 Å². The molecule has 0 fully saturated rings. The zero-order chi connectivity index (χ0) is 14.7. The van der Waals surface area contributed by atoms with Crippen LogP contribution < -0.4 is 10.1 Å². The fourth-order valence-corrected chi connectivity index (χ4v) is 4.01. The number of ether oxygens (including phenoxy) is 1. The first-order valence-electron chi connectivity index (χ1n) is 6.11. The van der Waals surface area contributed by atoms with Crippen molar-refractivity contribution in [1.29, 1.82) is 0 Å². The lowest BCUT2D eigenvalue weighted by atomic mass is 10.1. The molecule has 1 N–H and O–H groups in total. The summed E-state index contributed by atoms with van der Waals surface area (Å²) in [6.07, 6.45) is 0. The number of hydrogen-bond donors (Lipinski definition) is 1. The molecule has 1 heterocycles. The molecule has 0 aliphatic rings. The summed E-state index contributed by atoms with van der Waals surface area (Å²) in [5.74, 6) is 0.616. The topological polar surface area (TPSA) is 21.3 Å². The lowest BCUT2D eigenvalue weighted by molar-refractivity contribution is 0.340. The molecule has 1 aromatic heterocycles. The van der Waals surface area contributed by atoms with Crippen molar-refractivity contribution >= 4 is 50.5 Å². The van der Waals surface area contributed by atoms with Gasteiger partial charge in [0.2, 0.25) is 0 Å². The summed E-state index contributed by atoms with van der Waals surface area (Å²) in [4.78, 5) is 1.17. The van der Waals surface area contributed by atoms with E-state index in [1.807, 2.05) is 26.1 Å². The van der Waals surface area contributed by atoms with Crippen LogP contribution in [0.4, 0.5) is 0 Å². The minimum absolute atomic E-state index is 0.00646. The Hall–Kier alpha value is -0.260. The van der Waals surface area contributed by atoms with Crippen LogP contribution in [0.1, 0.15) is 23.4 Å². The van der Waals surface area contributed by atoms with Crippen molar-refractivity contribution in [1.82, 2.24) is 5.32 Å². The summed E-state index contributed by atoms with van der Waals surface area (Å²) >= 11 is 17.8. The molecule has 0 saturated heterocycles. The Morgan fingerprint density at radius 3 is 2.60 bits per heavy atom. The van der Waals surface area contributed by atoms with Gasteiger partial charge in [0.05, 0.1) is 21.5 Å².